The predicted molar refractivity (Wildman–Crippen MR) is 115 cm³/mol. The monoisotopic (exact) mass is 416 g/mol. The zero-order valence-electron chi connectivity index (χ0n) is 17.5. The Morgan fingerprint density at radius 2 is 1.84 bits per heavy atom. The van der Waals surface area contributed by atoms with Crippen molar-refractivity contribution in [2.24, 2.45) is 21.1 Å². The topological polar surface area (TPSA) is 113 Å². The van der Waals surface area contributed by atoms with Gasteiger partial charge >= 0.3 is 0 Å². The number of nitrogens with zero attached hydrogens (tertiary/aromatic N) is 9. The van der Waals surface area contributed by atoms with Crippen LogP contribution in [0, 0.1) is 0 Å². The van der Waals surface area contributed by atoms with E-state index in [1.165, 1.54) is 4.80 Å². The fourth-order valence-electron chi connectivity index (χ4n) is 3.44. The summed E-state index contributed by atoms with van der Waals surface area (Å²) in [5, 5.41) is 21.8. The summed E-state index contributed by atoms with van der Waals surface area (Å²) in [6.45, 7) is 0. The number of aryl methyl sites for hydroxylation is 3. The van der Waals surface area contributed by atoms with Crippen LogP contribution in [0.15, 0.2) is 42.9 Å². The molecule has 0 aliphatic heterocycles. The summed E-state index contributed by atoms with van der Waals surface area (Å²) in [7, 11) is 7.11. The number of pyridine rings is 2. The van der Waals surface area contributed by atoms with Crippen molar-refractivity contribution < 1.29 is 4.74 Å². The first-order chi connectivity index (χ1) is 15.0. The van der Waals surface area contributed by atoms with E-state index in [0.29, 0.717) is 23.0 Å². The van der Waals surface area contributed by atoms with Crippen LogP contribution in [0.3, 0.4) is 0 Å². The van der Waals surface area contributed by atoms with Gasteiger partial charge in [0, 0.05) is 44.4 Å². The van der Waals surface area contributed by atoms with Crippen molar-refractivity contribution in [2.75, 3.05) is 12.4 Å². The molecule has 5 aromatic heterocycles. The van der Waals surface area contributed by atoms with Crippen molar-refractivity contribution >= 4 is 22.7 Å². The van der Waals surface area contributed by atoms with Crippen molar-refractivity contribution in [3.8, 4) is 28.4 Å². The highest BCUT2D eigenvalue weighted by Gasteiger charge is 2.17. The number of nitrogens with one attached hydrogen (secondary N) is 1. The van der Waals surface area contributed by atoms with Crippen LogP contribution < -0.4 is 10.1 Å². The molecule has 11 nitrogen and oxygen atoms in total. The molecular formula is C20H20N10O. The van der Waals surface area contributed by atoms with Crippen LogP contribution in [-0.4, -0.2) is 51.6 Å². The van der Waals surface area contributed by atoms with E-state index in [1.807, 2.05) is 38.4 Å². The molecule has 0 bridgehead atoms. The van der Waals surface area contributed by atoms with E-state index in [9.17, 15) is 0 Å². The second-order valence-electron chi connectivity index (χ2n) is 7.00. The Morgan fingerprint density at radius 1 is 0.968 bits per heavy atom. The molecule has 5 rings (SSSR count). The maximum absolute atomic E-state index is 5.42. The Kier molecular flexibility index (Phi) is 4.35. The van der Waals surface area contributed by atoms with Crippen molar-refractivity contribution in [2.45, 2.75) is 0 Å². The minimum atomic E-state index is 0.638. The van der Waals surface area contributed by atoms with Gasteiger partial charge < -0.3 is 10.1 Å². The van der Waals surface area contributed by atoms with Crippen LogP contribution in [0.25, 0.3) is 33.7 Å². The number of methoxy groups -OCH3 is 1. The molecule has 5 heterocycles. The van der Waals surface area contributed by atoms with Gasteiger partial charge in [-0.05, 0) is 18.2 Å². The average molecular weight is 416 g/mol. The molecule has 0 amide bonds. The van der Waals surface area contributed by atoms with Crippen molar-refractivity contribution in [3.63, 3.8) is 0 Å². The van der Waals surface area contributed by atoms with Gasteiger partial charge in [0.15, 0.2) is 5.65 Å². The normalized spacial score (nSPS) is 11.2. The molecule has 0 saturated heterocycles. The number of anilines is 2. The molecule has 0 spiro atoms. The lowest BCUT2D eigenvalue weighted by Gasteiger charge is -2.08. The molecule has 0 aromatic carbocycles. The van der Waals surface area contributed by atoms with E-state index in [1.54, 1.807) is 42.1 Å². The molecule has 5 aromatic rings. The third-order valence-corrected chi connectivity index (χ3v) is 4.95. The standard InChI is InChI=1S/C20H20N10O/c1-28-18(9-14(26-28)19-16(31-4)6-5-7-21-19)24-17-8-12(15-11-23-30(3)27-15)13-10-22-29(2)20(13)25-17/h5-11H,1-4H3,(H,24,25). The number of aromatic nitrogens is 9. The minimum Gasteiger partial charge on any atom is -0.494 e. The van der Waals surface area contributed by atoms with Crippen LogP contribution in [-0.2, 0) is 21.1 Å². The molecule has 0 radical (unpaired) electrons. The zero-order chi connectivity index (χ0) is 21.5. The number of rotatable bonds is 5. The second kappa shape index (κ2) is 7.20. The Balaban J connectivity index is 1.57. The quantitative estimate of drug-likeness (QED) is 0.464. The summed E-state index contributed by atoms with van der Waals surface area (Å²) >= 11 is 0. The van der Waals surface area contributed by atoms with Gasteiger partial charge in [0.2, 0.25) is 0 Å². The summed E-state index contributed by atoms with van der Waals surface area (Å²) in [5.41, 5.74) is 3.74. The minimum absolute atomic E-state index is 0.638. The van der Waals surface area contributed by atoms with Gasteiger partial charge in [0.25, 0.3) is 0 Å². The van der Waals surface area contributed by atoms with Gasteiger partial charge in [-0.3, -0.25) is 14.3 Å². The summed E-state index contributed by atoms with van der Waals surface area (Å²) in [4.78, 5) is 10.7. The van der Waals surface area contributed by atoms with Crippen LogP contribution >= 0.6 is 0 Å². The first-order valence-corrected chi connectivity index (χ1v) is 9.53. The lowest BCUT2D eigenvalue weighted by atomic mass is 10.1. The van der Waals surface area contributed by atoms with Crippen molar-refractivity contribution in [1.82, 2.24) is 44.5 Å². The van der Waals surface area contributed by atoms with E-state index < -0.39 is 0 Å². The van der Waals surface area contributed by atoms with E-state index in [-0.39, 0.29) is 0 Å². The fourth-order valence-corrected chi connectivity index (χ4v) is 3.44. The van der Waals surface area contributed by atoms with Crippen LogP contribution in [0.4, 0.5) is 11.6 Å². The molecule has 0 aliphatic carbocycles. The third-order valence-electron chi connectivity index (χ3n) is 4.95. The van der Waals surface area contributed by atoms with Crippen molar-refractivity contribution in [1.29, 1.82) is 0 Å². The van der Waals surface area contributed by atoms with Gasteiger partial charge in [-0.15, -0.1) is 0 Å². The molecule has 31 heavy (non-hydrogen) atoms. The Bertz CT molecular complexity index is 1400. The first kappa shape index (κ1) is 18.7. The van der Waals surface area contributed by atoms with Gasteiger partial charge in [0.05, 0.1) is 19.5 Å². The largest absolute Gasteiger partial charge is 0.494 e. The smallest absolute Gasteiger partial charge is 0.160 e. The molecule has 11 heteroatoms. The number of fused-ring (bicyclic) bond motifs is 1. The highest BCUT2D eigenvalue weighted by atomic mass is 16.5. The van der Waals surface area contributed by atoms with Gasteiger partial charge in [-0.1, -0.05) is 0 Å². The molecule has 156 valence electrons. The van der Waals surface area contributed by atoms with Crippen molar-refractivity contribution in [3.05, 3.63) is 42.9 Å². The Morgan fingerprint density at radius 3 is 2.61 bits per heavy atom. The van der Waals surface area contributed by atoms with E-state index in [0.717, 1.165) is 28.1 Å². The van der Waals surface area contributed by atoms with Crippen LogP contribution in [0.5, 0.6) is 5.75 Å². The highest BCUT2D eigenvalue weighted by molar-refractivity contribution is 5.93. The maximum Gasteiger partial charge on any atom is 0.160 e. The predicted octanol–water partition coefficient (Wildman–Crippen LogP) is 2.31. The lowest BCUT2D eigenvalue weighted by Crippen LogP contribution is -2.02. The van der Waals surface area contributed by atoms with Crippen LogP contribution in [0.1, 0.15) is 0 Å². The second-order valence-corrected chi connectivity index (χ2v) is 7.00. The highest BCUT2D eigenvalue weighted by Crippen LogP contribution is 2.31. The summed E-state index contributed by atoms with van der Waals surface area (Å²) in [5.74, 6) is 2.05. The number of ether oxygens (including phenoxy) is 1. The Hall–Kier alpha value is -4.28. The van der Waals surface area contributed by atoms with E-state index >= 15 is 0 Å². The summed E-state index contributed by atoms with van der Waals surface area (Å²) in [6, 6.07) is 7.52. The summed E-state index contributed by atoms with van der Waals surface area (Å²) in [6.07, 6.45) is 5.22. The molecule has 0 aliphatic rings. The fraction of sp³-hybridized carbons (Fsp3) is 0.200. The van der Waals surface area contributed by atoms with Crippen LogP contribution in [0.2, 0.25) is 0 Å². The summed E-state index contributed by atoms with van der Waals surface area (Å²) < 4.78 is 8.88. The maximum atomic E-state index is 5.42. The zero-order valence-corrected chi connectivity index (χ0v) is 17.5. The average Bonchev–Trinajstić information content (AvgIpc) is 3.47. The molecule has 1 N–H and O–H groups in total. The van der Waals surface area contributed by atoms with E-state index in [2.05, 4.69) is 30.7 Å². The number of hydrogen-bond donors (Lipinski definition) is 1. The lowest BCUT2D eigenvalue weighted by molar-refractivity contribution is 0.414. The van der Waals surface area contributed by atoms with E-state index in [4.69, 9.17) is 9.72 Å². The molecule has 0 unspecified atom stereocenters. The van der Waals surface area contributed by atoms with Gasteiger partial charge in [-0.25, -0.2) is 4.98 Å². The molecule has 0 saturated carbocycles. The number of hydrogen-bond acceptors (Lipinski definition) is 8. The molecule has 0 fully saturated rings. The first-order valence-electron chi connectivity index (χ1n) is 9.53. The SMILES string of the molecule is COc1cccnc1-c1cc(Nc2cc(-c3cnn(C)n3)c3cnn(C)c3n2)n(C)n1. The molecular weight excluding hydrogens is 396 g/mol. The van der Waals surface area contributed by atoms with Gasteiger partial charge in [0.1, 0.15) is 34.5 Å². The third kappa shape index (κ3) is 3.25. The Labute approximate surface area is 177 Å². The molecule has 0 atom stereocenters. The van der Waals surface area contributed by atoms with Gasteiger partial charge in [-0.2, -0.15) is 25.2 Å².